The lowest BCUT2D eigenvalue weighted by molar-refractivity contribution is -0.149. The van der Waals surface area contributed by atoms with Gasteiger partial charge in [0.1, 0.15) is 22.9 Å². The zero-order valence-corrected chi connectivity index (χ0v) is 15.8. The molecule has 1 fully saturated rings. The summed E-state index contributed by atoms with van der Waals surface area (Å²) in [5, 5.41) is 0. The second-order valence-electron chi connectivity index (χ2n) is 6.59. The molecule has 150 valence electrons. The number of halogens is 2. The second kappa shape index (κ2) is 10.2. The van der Waals surface area contributed by atoms with Gasteiger partial charge in [0.2, 0.25) is 0 Å². The van der Waals surface area contributed by atoms with Crippen LogP contribution in [0.1, 0.15) is 62.7 Å². The molecule has 0 N–H and O–H groups in total. The van der Waals surface area contributed by atoms with Crippen LogP contribution in [0.2, 0.25) is 0 Å². The Morgan fingerprint density at radius 1 is 1.04 bits per heavy atom. The number of carbonyl (C=O) groups excluding carboxylic acids is 2. The minimum absolute atomic E-state index is 0.0229. The Balaban J connectivity index is 1.95. The first-order valence-corrected chi connectivity index (χ1v) is 9.45. The maximum absolute atomic E-state index is 14.2. The molecular formula is C20H26F2O5. The first kappa shape index (κ1) is 21.1. The standard InChI is InChI=1S/C20H26F2O5/c1-3-5-10-26-20(24)18-16(21)11-15(12-17(18)22)27-14-8-6-13(7-9-14)19(23)25-4-2/h11-14H,3-10H2,1-2H3/t13-,14+. The van der Waals surface area contributed by atoms with E-state index in [1.54, 1.807) is 6.92 Å². The van der Waals surface area contributed by atoms with Crippen molar-refractivity contribution in [1.82, 2.24) is 0 Å². The smallest absolute Gasteiger partial charge is 0.344 e. The molecule has 0 atom stereocenters. The maximum atomic E-state index is 14.2. The first-order valence-electron chi connectivity index (χ1n) is 9.45. The van der Waals surface area contributed by atoms with Gasteiger partial charge in [-0.05, 0) is 39.0 Å². The summed E-state index contributed by atoms with van der Waals surface area (Å²) in [4.78, 5) is 23.6. The number of ether oxygens (including phenoxy) is 3. The van der Waals surface area contributed by atoms with Crippen LogP contribution in [0, 0.1) is 17.6 Å². The summed E-state index contributed by atoms with van der Waals surface area (Å²) in [7, 11) is 0. The Hall–Kier alpha value is -2.18. The molecule has 0 bridgehead atoms. The molecule has 1 saturated carbocycles. The molecule has 0 unspecified atom stereocenters. The van der Waals surface area contributed by atoms with Crippen molar-refractivity contribution >= 4 is 11.9 Å². The molecule has 0 saturated heterocycles. The lowest BCUT2D eigenvalue weighted by atomic mass is 9.87. The van der Waals surface area contributed by atoms with Crippen molar-refractivity contribution in [3.8, 4) is 5.75 Å². The molecule has 0 aromatic heterocycles. The molecule has 1 aromatic carbocycles. The van der Waals surface area contributed by atoms with Crippen LogP contribution in [-0.4, -0.2) is 31.3 Å². The highest BCUT2D eigenvalue weighted by Crippen LogP contribution is 2.30. The van der Waals surface area contributed by atoms with Crippen molar-refractivity contribution in [2.75, 3.05) is 13.2 Å². The van der Waals surface area contributed by atoms with Crippen LogP contribution in [0.4, 0.5) is 8.78 Å². The number of esters is 2. The predicted molar refractivity (Wildman–Crippen MR) is 94.6 cm³/mol. The second-order valence-corrected chi connectivity index (χ2v) is 6.59. The molecule has 0 aliphatic heterocycles. The molecule has 0 radical (unpaired) electrons. The molecule has 1 aliphatic carbocycles. The third-order valence-corrected chi connectivity index (χ3v) is 4.55. The summed E-state index contributed by atoms with van der Waals surface area (Å²) in [6, 6.07) is 1.99. The number of unbranched alkanes of at least 4 members (excludes halogenated alkanes) is 1. The van der Waals surface area contributed by atoms with Crippen molar-refractivity contribution in [1.29, 1.82) is 0 Å². The number of hydrogen-bond acceptors (Lipinski definition) is 5. The van der Waals surface area contributed by atoms with Gasteiger partial charge >= 0.3 is 11.9 Å². The van der Waals surface area contributed by atoms with E-state index in [0.717, 1.165) is 18.6 Å². The van der Waals surface area contributed by atoms with E-state index in [4.69, 9.17) is 14.2 Å². The predicted octanol–water partition coefficient (Wildman–Crippen LogP) is 4.42. The van der Waals surface area contributed by atoms with E-state index in [2.05, 4.69) is 0 Å². The molecule has 0 spiro atoms. The largest absolute Gasteiger partial charge is 0.490 e. The molecule has 1 aromatic rings. The third-order valence-electron chi connectivity index (χ3n) is 4.55. The summed E-state index contributed by atoms with van der Waals surface area (Å²) < 4.78 is 43.9. The fourth-order valence-electron chi connectivity index (χ4n) is 3.06. The third kappa shape index (κ3) is 5.91. The van der Waals surface area contributed by atoms with Crippen LogP contribution in [0.15, 0.2) is 12.1 Å². The van der Waals surface area contributed by atoms with Crippen molar-refractivity contribution in [3.05, 3.63) is 29.3 Å². The van der Waals surface area contributed by atoms with E-state index in [0.29, 0.717) is 38.7 Å². The first-order chi connectivity index (χ1) is 13.0. The zero-order chi connectivity index (χ0) is 19.8. The lowest BCUT2D eigenvalue weighted by Crippen LogP contribution is -2.29. The molecule has 1 aliphatic rings. The van der Waals surface area contributed by atoms with Crippen LogP contribution < -0.4 is 4.74 Å². The summed E-state index contributed by atoms with van der Waals surface area (Å²) in [6.45, 7) is 4.15. The number of rotatable bonds is 8. The lowest BCUT2D eigenvalue weighted by Gasteiger charge is -2.27. The fourth-order valence-corrected chi connectivity index (χ4v) is 3.06. The highest BCUT2D eigenvalue weighted by Gasteiger charge is 2.29. The summed E-state index contributed by atoms with van der Waals surface area (Å²) in [6.07, 6.45) is 3.60. The highest BCUT2D eigenvalue weighted by molar-refractivity contribution is 5.90. The molecular weight excluding hydrogens is 358 g/mol. The van der Waals surface area contributed by atoms with Crippen LogP contribution in [0.5, 0.6) is 5.75 Å². The van der Waals surface area contributed by atoms with Crippen molar-refractivity contribution in [2.45, 2.75) is 58.5 Å². The summed E-state index contributed by atoms with van der Waals surface area (Å²) in [5.41, 5.74) is -0.704. The van der Waals surface area contributed by atoms with Crippen molar-refractivity contribution < 1.29 is 32.6 Å². The Kier molecular flexibility index (Phi) is 8.00. The van der Waals surface area contributed by atoms with E-state index in [1.165, 1.54) is 0 Å². The Bertz CT molecular complexity index is 631. The Morgan fingerprint density at radius 2 is 1.67 bits per heavy atom. The minimum Gasteiger partial charge on any atom is -0.490 e. The average Bonchev–Trinajstić information content (AvgIpc) is 2.62. The van der Waals surface area contributed by atoms with Gasteiger partial charge in [0.15, 0.2) is 0 Å². The van der Waals surface area contributed by atoms with E-state index in [-0.39, 0.29) is 30.3 Å². The highest BCUT2D eigenvalue weighted by atomic mass is 19.1. The molecule has 7 heteroatoms. The van der Waals surface area contributed by atoms with E-state index in [9.17, 15) is 18.4 Å². The van der Waals surface area contributed by atoms with Crippen LogP contribution in [0.3, 0.4) is 0 Å². The monoisotopic (exact) mass is 384 g/mol. The van der Waals surface area contributed by atoms with E-state index >= 15 is 0 Å². The fraction of sp³-hybridized carbons (Fsp3) is 0.600. The van der Waals surface area contributed by atoms with Crippen molar-refractivity contribution in [3.63, 3.8) is 0 Å². The number of hydrogen-bond donors (Lipinski definition) is 0. The van der Waals surface area contributed by atoms with Crippen LogP contribution in [0.25, 0.3) is 0 Å². The maximum Gasteiger partial charge on any atom is 0.344 e. The van der Waals surface area contributed by atoms with Gasteiger partial charge in [-0.3, -0.25) is 4.79 Å². The van der Waals surface area contributed by atoms with E-state index < -0.39 is 23.2 Å². The van der Waals surface area contributed by atoms with Gasteiger partial charge in [0, 0.05) is 12.1 Å². The summed E-state index contributed by atoms with van der Waals surface area (Å²) >= 11 is 0. The molecule has 2 rings (SSSR count). The Labute approximate surface area is 158 Å². The number of carbonyl (C=O) groups is 2. The van der Waals surface area contributed by atoms with Crippen LogP contribution >= 0.6 is 0 Å². The molecule has 5 nitrogen and oxygen atoms in total. The van der Waals surface area contributed by atoms with Crippen molar-refractivity contribution in [2.24, 2.45) is 5.92 Å². The number of benzene rings is 1. The minimum atomic E-state index is -1.01. The molecule has 0 heterocycles. The quantitative estimate of drug-likeness (QED) is 0.490. The Morgan fingerprint density at radius 3 is 2.22 bits per heavy atom. The summed E-state index contributed by atoms with van der Waals surface area (Å²) in [5.74, 6) is -3.37. The van der Waals surface area contributed by atoms with Gasteiger partial charge in [-0.25, -0.2) is 13.6 Å². The topological polar surface area (TPSA) is 61.8 Å². The van der Waals surface area contributed by atoms with Gasteiger partial charge in [-0.2, -0.15) is 0 Å². The SMILES string of the molecule is CCCCOC(=O)c1c(F)cc(O[C@H]2CC[C@@H](C(=O)OCC)CC2)cc1F. The molecule has 0 amide bonds. The van der Waals surface area contributed by atoms with Gasteiger partial charge in [0.05, 0.1) is 25.2 Å². The van der Waals surface area contributed by atoms with E-state index in [1.807, 2.05) is 6.92 Å². The van der Waals surface area contributed by atoms with Gasteiger partial charge in [-0.1, -0.05) is 13.3 Å². The van der Waals surface area contributed by atoms with Gasteiger partial charge in [0.25, 0.3) is 0 Å². The zero-order valence-electron chi connectivity index (χ0n) is 15.8. The van der Waals surface area contributed by atoms with Crippen LogP contribution in [-0.2, 0) is 14.3 Å². The normalized spacial score (nSPS) is 19.4. The van der Waals surface area contributed by atoms with Gasteiger partial charge in [-0.15, -0.1) is 0 Å². The average molecular weight is 384 g/mol. The van der Waals surface area contributed by atoms with Gasteiger partial charge < -0.3 is 14.2 Å². The molecule has 27 heavy (non-hydrogen) atoms.